The van der Waals surface area contributed by atoms with Gasteiger partial charge in [-0.2, -0.15) is 0 Å². The van der Waals surface area contributed by atoms with Crippen molar-refractivity contribution in [2.45, 2.75) is 25.4 Å². The van der Waals surface area contributed by atoms with Gasteiger partial charge in [-0.15, -0.1) is 0 Å². The SMILES string of the molecule is CCN1C(=O)c2ccccc2N2C(=O)CCC12C(=O)Nc1ccc(OC)cc1. The van der Waals surface area contributed by atoms with E-state index in [1.807, 2.05) is 6.92 Å². The highest BCUT2D eigenvalue weighted by Crippen LogP contribution is 2.44. The molecule has 1 unspecified atom stereocenters. The molecule has 0 radical (unpaired) electrons. The van der Waals surface area contributed by atoms with Crippen LogP contribution >= 0.6 is 0 Å². The van der Waals surface area contributed by atoms with Gasteiger partial charge in [0.05, 0.1) is 18.4 Å². The fraction of sp³-hybridized carbons (Fsp3) is 0.286. The Hall–Kier alpha value is -3.35. The number of hydrogen-bond acceptors (Lipinski definition) is 4. The third kappa shape index (κ3) is 2.46. The molecule has 7 heteroatoms. The molecular weight excluding hydrogens is 358 g/mol. The number of fused-ring (bicyclic) bond motifs is 3. The lowest BCUT2D eigenvalue weighted by molar-refractivity contribution is -0.128. The van der Waals surface area contributed by atoms with Crippen molar-refractivity contribution in [1.82, 2.24) is 4.90 Å². The van der Waals surface area contributed by atoms with Crippen molar-refractivity contribution in [3.8, 4) is 5.75 Å². The number of nitrogens with one attached hydrogen (secondary N) is 1. The van der Waals surface area contributed by atoms with E-state index >= 15 is 0 Å². The molecule has 1 fully saturated rings. The fourth-order valence-electron chi connectivity index (χ4n) is 4.11. The summed E-state index contributed by atoms with van der Waals surface area (Å²) in [6.07, 6.45) is 0.454. The van der Waals surface area contributed by atoms with Gasteiger partial charge in [0, 0.05) is 25.1 Å². The molecule has 144 valence electrons. The van der Waals surface area contributed by atoms with Crippen molar-refractivity contribution in [2.24, 2.45) is 0 Å². The zero-order valence-electron chi connectivity index (χ0n) is 15.8. The number of methoxy groups -OCH3 is 1. The predicted octanol–water partition coefficient (Wildman–Crippen LogP) is 2.63. The van der Waals surface area contributed by atoms with Gasteiger partial charge in [-0.1, -0.05) is 12.1 Å². The minimum absolute atomic E-state index is 0.164. The van der Waals surface area contributed by atoms with Gasteiger partial charge in [-0.25, -0.2) is 0 Å². The lowest BCUT2D eigenvalue weighted by atomic mass is 9.95. The first-order valence-electron chi connectivity index (χ1n) is 9.22. The number of carbonyl (C=O) groups is 3. The Morgan fingerprint density at radius 3 is 2.54 bits per heavy atom. The largest absolute Gasteiger partial charge is 0.497 e. The monoisotopic (exact) mass is 379 g/mol. The Labute approximate surface area is 162 Å². The van der Waals surface area contributed by atoms with E-state index in [-0.39, 0.29) is 24.7 Å². The molecule has 3 amide bonds. The smallest absolute Gasteiger partial charge is 0.271 e. The molecule has 2 heterocycles. The van der Waals surface area contributed by atoms with Crippen LogP contribution in [0.25, 0.3) is 0 Å². The highest BCUT2D eigenvalue weighted by molar-refractivity contribution is 6.18. The molecule has 0 aromatic heterocycles. The van der Waals surface area contributed by atoms with Crippen LogP contribution < -0.4 is 15.0 Å². The number of rotatable bonds is 4. The molecule has 2 aliphatic heterocycles. The zero-order chi connectivity index (χ0) is 19.9. The summed E-state index contributed by atoms with van der Waals surface area (Å²) in [4.78, 5) is 42.4. The molecule has 7 nitrogen and oxygen atoms in total. The standard InChI is InChI=1S/C21H21N3O4/c1-3-23-19(26)16-6-4-5-7-17(16)24-18(25)12-13-21(23,24)20(27)22-14-8-10-15(28-2)11-9-14/h4-11H,3,12-13H2,1-2H3,(H,22,27). The summed E-state index contributed by atoms with van der Waals surface area (Å²) in [7, 11) is 1.57. The summed E-state index contributed by atoms with van der Waals surface area (Å²) in [5, 5.41) is 2.88. The molecule has 2 aromatic rings. The van der Waals surface area contributed by atoms with Crippen molar-refractivity contribution < 1.29 is 19.1 Å². The van der Waals surface area contributed by atoms with E-state index in [0.717, 1.165) is 0 Å². The maximum Gasteiger partial charge on any atom is 0.271 e. The number of carbonyl (C=O) groups excluding carboxylic acids is 3. The maximum absolute atomic E-state index is 13.5. The number of likely N-dealkylation sites (N-methyl/N-ethyl adjacent to an activating group) is 1. The predicted molar refractivity (Wildman–Crippen MR) is 104 cm³/mol. The van der Waals surface area contributed by atoms with E-state index in [0.29, 0.717) is 29.2 Å². The van der Waals surface area contributed by atoms with Gasteiger partial charge >= 0.3 is 0 Å². The molecule has 1 saturated heterocycles. The second-order valence-electron chi connectivity index (χ2n) is 6.79. The third-order valence-corrected chi connectivity index (χ3v) is 5.40. The highest BCUT2D eigenvalue weighted by atomic mass is 16.5. The highest BCUT2D eigenvalue weighted by Gasteiger charge is 2.60. The summed E-state index contributed by atoms with van der Waals surface area (Å²) >= 11 is 0. The van der Waals surface area contributed by atoms with Gasteiger partial charge in [0.2, 0.25) is 11.6 Å². The second kappa shape index (κ2) is 6.67. The van der Waals surface area contributed by atoms with Crippen LogP contribution in [0.1, 0.15) is 30.1 Å². The Morgan fingerprint density at radius 1 is 1.14 bits per heavy atom. The van der Waals surface area contributed by atoms with Gasteiger partial charge in [0.15, 0.2) is 0 Å². The van der Waals surface area contributed by atoms with Crippen molar-refractivity contribution in [3.63, 3.8) is 0 Å². The quantitative estimate of drug-likeness (QED) is 0.886. The van der Waals surface area contributed by atoms with Gasteiger partial charge < -0.3 is 15.0 Å². The van der Waals surface area contributed by atoms with Crippen LogP contribution in [0, 0.1) is 0 Å². The van der Waals surface area contributed by atoms with E-state index in [9.17, 15) is 14.4 Å². The minimum atomic E-state index is -1.36. The summed E-state index contributed by atoms with van der Waals surface area (Å²) in [5.41, 5.74) is 0.135. The van der Waals surface area contributed by atoms with Gasteiger partial charge in [0.25, 0.3) is 11.8 Å². The van der Waals surface area contributed by atoms with Crippen molar-refractivity contribution in [3.05, 3.63) is 54.1 Å². The van der Waals surface area contributed by atoms with Gasteiger partial charge in [-0.05, 0) is 43.3 Å². The fourth-order valence-corrected chi connectivity index (χ4v) is 4.11. The number of benzene rings is 2. The number of ether oxygens (including phenoxy) is 1. The molecule has 2 aliphatic rings. The van der Waals surface area contributed by atoms with Crippen LogP contribution in [0.15, 0.2) is 48.5 Å². The molecular formula is C21H21N3O4. The number of amides is 3. The molecule has 1 atom stereocenters. The molecule has 0 saturated carbocycles. The topological polar surface area (TPSA) is 79.0 Å². The van der Waals surface area contributed by atoms with Crippen LogP contribution in [0.4, 0.5) is 11.4 Å². The Bertz CT molecular complexity index is 956. The Kier molecular flexibility index (Phi) is 4.30. The van der Waals surface area contributed by atoms with E-state index in [1.54, 1.807) is 55.6 Å². The number of nitrogens with zero attached hydrogens (tertiary/aromatic N) is 2. The van der Waals surface area contributed by atoms with Crippen LogP contribution in [0.5, 0.6) is 5.75 Å². The van der Waals surface area contributed by atoms with Crippen LogP contribution in [0.3, 0.4) is 0 Å². The van der Waals surface area contributed by atoms with Crippen LogP contribution in [-0.4, -0.2) is 41.9 Å². The first-order chi connectivity index (χ1) is 13.5. The van der Waals surface area contributed by atoms with Crippen molar-refractivity contribution >= 4 is 29.1 Å². The first-order valence-corrected chi connectivity index (χ1v) is 9.22. The van der Waals surface area contributed by atoms with E-state index < -0.39 is 11.6 Å². The number of para-hydroxylation sites is 1. The van der Waals surface area contributed by atoms with Crippen LogP contribution in [-0.2, 0) is 9.59 Å². The normalized spacial score (nSPS) is 20.6. The third-order valence-electron chi connectivity index (χ3n) is 5.40. The molecule has 2 aromatic carbocycles. The minimum Gasteiger partial charge on any atom is -0.497 e. The molecule has 0 spiro atoms. The maximum atomic E-state index is 13.5. The Morgan fingerprint density at radius 2 is 1.86 bits per heavy atom. The number of anilines is 2. The lowest BCUT2D eigenvalue weighted by Crippen LogP contribution is -2.69. The Balaban J connectivity index is 1.78. The molecule has 1 N–H and O–H groups in total. The van der Waals surface area contributed by atoms with Crippen LogP contribution in [0.2, 0.25) is 0 Å². The lowest BCUT2D eigenvalue weighted by Gasteiger charge is -2.48. The summed E-state index contributed by atoms with van der Waals surface area (Å²) < 4.78 is 5.14. The van der Waals surface area contributed by atoms with Gasteiger partial charge in [0.1, 0.15) is 5.75 Å². The second-order valence-corrected chi connectivity index (χ2v) is 6.79. The van der Waals surface area contributed by atoms with E-state index in [1.165, 1.54) is 9.80 Å². The van der Waals surface area contributed by atoms with E-state index in [4.69, 9.17) is 4.74 Å². The molecule has 0 aliphatic carbocycles. The zero-order valence-corrected chi connectivity index (χ0v) is 15.8. The summed E-state index contributed by atoms with van der Waals surface area (Å²) in [5.74, 6) is -0.128. The average Bonchev–Trinajstić information content (AvgIpc) is 3.07. The first kappa shape index (κ1) is 18.0. The summed E-state index contributed by atoms with van der Waals surface area (Å²) in [6.45, 7) is 2.13. The van der Waals surface area contributed by atoms with Crippen molar-refractivity contribution in [1.29, 1.82) is 0 Å². The molecule has 0 bridgehead atoms. The molecule has 28 heavy (non-hydrogen) atoms. The van der Waals surface area contributed by atoms with E-state index in [2.05, 4.69) is 5.32 Å². The summed E-state index contributed by atoms with van der Waals surface area (Å²) in [6, 6.07) is 13.9. The van der Waals surface area contributed by atoms with Gasteiger partial charge in [-0.3, -0.25) is 19.3 Å². The average molecular weight is 379 g/mol. The molecule has 4 rings (SSSR count). The van der Waals surface area contributed by atoms with Crippen molar-refractivity contribution in [2.75, 3.05) is 23.9 Å². The number of hydrogen-bond donors (Lipinski definition) is 1.